The van der Waals surface area contributed by atoms with Crippen molar-refractivity contribution in [3.63, 3.8) is 0 Å². The first-order valence-electron chi connectivity index (χ1n) is 3.95. The standard InChI is InChI=1S/C8H6ClF3N2S/c9-6-2-1-5(8(10,11)12)15(6)7-3-4-13-14-7/h1-4,15H,(H,13,14). The van der Waals surface area contributed by atoms with Crippen LogP contribution in [0.25, 0.3) is 0 Å². The molecule has 7 heteroatoms. The molecule has 0 amide bonds. The topological polar surface area (TPSA) is 28.7 Å². The summed E-state index contributed by atoms with van der Waals surface area (Å²) in [4.78, 5) is -0.616. The van der Waals surface area contributed by atoms with Crippen molar-refractivity contribution >= 4 is 22.5 Å². The van der Waals surface area contributed by atoms with E-state index in [2.05, 4.69) is 10.2 Å². The molecule has 1 atom stereocenters. The average Bonchev–Trinajstić information content (AvgIpc) is 2.69. The summed E-state index contributed by atoms with van der Waals surface area (Å²) in [6, 6.07) is 1.51. The highest BCUT2D eigenvalue weighted by molar-refractivity contribution is 8.25. The predicted octanol–water partition coefficient (Wildman–Crippen LogP) is 3.31. The van der Waals surface area contributed by atoms with Gasteiger partial charge in [-0.15, -0.1) is 10.9 Å². The molecule has 0 radical (unpaired) electrons. The zero-order chi connectivity index (χ0) is 11.1. The van der Waals surface area contributed by atoms with Gasteiger partial charge in [-0.05, 0) is 18.2 Å². The number of hydrogen-bond donors (Lipinski definition) is 2. The molecule has 0 spiro atoms. The molecular weight excluding hydrogens is 249 g/mol. The number of aromatic amines is 1. The molecule has 2 heterocycles. The van der Waals surface area contributed by atoms with Crippen LogP contribution in [0, 0.1) is 0 Å². The van der Waals surface area contributed by atoms with Gasteiger partial charge in [0.15, 0.2) is 0 Å². The van der Waals surface area contributed by atoms with Crippen LogP contribution in [0.3, 0.4) is 0 Å². The van der Waals surface area contributed by atoms with Crippen molar-refractivity contribution < 1.29 is 13.2 Å². The normalized spacial score (nSPS) is 23.9. The quantitative estimate of drug-likeness (QED) is 0.740. The van der Waals surface area contributed by atoms with Gasteiger partial charge in [-0.25, -0.2) is 0 Å². The van der Waals surface area contributed by atoms with Gasteiger partial charge in [0, 0.05) is 6.20 Å². The Hall–Kier alpha value is -0.880. The second kappa shape index (κ2) is 3.61. The number of aromatic nitrogens is 2. The molecule has 2 rings (SSSR count). The Morgan fingerprint density at radius 3 is 2.60 bits per heavy atom. The van der Waals surface area contributed by atoms with Crippen LogP contribution in [-0.2, 0) is 0 Å². The lowest BCUT2D eigenvalue weighted by Crippen LogP contribution is -2.11. The van der Waals surface area contributed by atoms with Gasteiger partial charge in [0.2, 0.25) is 0 Å². The number of alkyl halides is 3. The number of H-pyrrole nitrogens is 1. The van der Waals surface area contributed by atoms with Crippen molar-refractivity contribution in [2.45, 2.75) is 11.2 Å². The van der Waals surface area contributed by atoms with Gasteiger partial charge in [0.1, 0.15) is 5.03 Å². The van der Waals surface area contributed by atoms with Gasteiger partial charge >= 0.3 is 6.18 Å². The fourth-order valence-electron chi connectivity index (χ4n) is 1.24. The zero-order valence-corrected chi connectivity index (χ0v) is 8.87. The first-order chi connectivity index (χ1) is 7.00. The van der Waals surface area contributed by atoms with E-state index in [9.17, 15) is 13.2 Å². The second-order valence-electron chi connectivity index (χ2n) is 2.81. The van der Waals surface area contributed by atoms with Crippen molar-refractivity contribution in [1.82, 2.24) is 10.2 Å². The average molecular weight is 255 g/mol. The maximum absolute atomic E-state index is 12.6. The van der Waals surface area contributed by atoms with Gasteiger partial charge in [-0.3, -0.25) is 5.10 Å². The monoisotopic (exact) mass is 254 g/mol. The van der Waals surface area contributed by atoms with E-state index in [0.717, 1.165) is 6.08 Å². The van der Waals surface area contributed by atoms with E-state index in [0.29, 0.717) is 5.03 Å². The van der Waals surface area contributed by atoms with E-state index in [1.165, 1.54) is 18.3 Å². The van der Waals surface area contributed by atoms with Crippen LogP contribution in [0.4, 0.5) is 13.2 Å². The molecule has 15 heavy (non-hydrogen) atoms. The lowest BCUT2D eigenvalue weighted by atomic mass is 10.5. The number of halogens is 4. The molecule has 0 bridgehead atoms. The van der Waals surface area contributed by atoms with Crippen LogP contribution in [0.15, 0.2) is 38.7 Å². The molecule has 2 nitrogen and oxygen atoms in total. The van der Waals surface area contributed by atoms with Crippen LogP contribution in [0.5, 0.6) is 0 Å². The van der Waals surface area contributed by atoms with Gasteiger partial charge in [0.25, 0.3) is 0 Å². The maximum atomic E-state index is 12.6. The number of hydrogen-bond acceptors (Lipinski definition) is 1. The lowest BCUT2D eigenvalue weighted by molar-refractivity contribution is -0.0836. The molecular formula is C8H6ClF3N2S. The van der Waals surface area contributed by atoms with Crippen LogP contribution in [0.1, 0.15) is 0 Å². The number of rotatable bonds is 1. The number of thiol groups is 1. The van der Waals surface area contributed by atoms with Crippen LogP contribution < -0.4 is 0 Å². The zero-order valence-electron chi connectivity index (χ0n) is 7.22. The molecule has 1 unspecified atom stereocenters. The highest BCUT2D eigenvalue weighted by Gasteiger charge is 2.41. The maximum Gasteiger partial charge on any atom is 0.421 e. The van der Waals surface area contributed by atoms with Gasteiger partial charge in [-0.2, -0.15) is 18.3 Å². The van der Waals surface area contributed by atoms with Crippen molar-refractivity contribution in [2.75, 3.05) is 0 Å². The van der Waals surface area contributed by atoms with Crippen LogP contribution in [0.2, 0.25) is 0 Å². The SMILES string of the molecule is FC(F)(F)C1=CC=C(Cl)[SH]1c1cc[nH]n1. The fourth-order valence-corrected chi connectivity index (χ4v) is 3.62. The summed E-state index contributed by atoms with van der Waals surface area (Å²) in [6.07, 6.45) is -0.570. The van der Waals surface area contributed by atoms with Gasteiger partial charge < -0.3 is 0 Å². The van der Waals surface area contributed by atoms with Crippen LogP contribution in [-0.4, -0.2) is 16.4 Å². The highest BCUT2D eigenvalue weighted by Crippen LogP contribution is 2.59. The summed E-state index contributed by atoms with van der Waals surface area (Å²) in [7, 11) is -1.70. The summed E-state index contributed by atoms with van der Waals surface area (Å²) in [6.45, 7) is 0. The van der Waals surface area contributed by atoms with E-state index in [1.807, 2.05) is 0 Å². The minimum atomic E-state index is -4.35. The van der Waals surface area contributed by atoms with Gasteiger partial charge in [-0.1, -0.05) is 11.6 Å². The van der Waals surface area contributed by atoms with E-state index in [4.69, 9.17) is 11.6 Å². The predicted molar refractivity (Wildman–Crippen MR) is 53.9 cm³/mol. The Bertz CT molecular complexity index is 422. The molecule has 1 N–H and O–H groups in total. The molecule has 0 fully saturated rings. The Morgan fingerprint density at radius 1 is 1.33 bits per heavy atom. The van der Waals surface area contributed by atoms with Gasteiger partial charge in [0.05, 0.1) is 9.27 Å². The third-order valence-corrected chi connectivity index (χ3v) is 4.64. The lowest BCUT2D eigenvalue weighted by Gasteiger charge is -2.19. The molecule has 1 aliphatic heterocycles. The number of nitrogens with zero attached hydrogens (tertiary/aromatic N) is 1. The Balaban J connectivity index is 2.38. The largest absolute Gasteiger partial charge is 0.421 e. The Morgan fingerprint density at radius 2 is 2.07 bits per heavy atom. The summed E-state index contributed by atoms with van der Waals surface area (Å²) in [5, 5.41) is 6.58. The molecule has 0 aromatic carbocycles. The number of nitrogens with one attached hydrogen (secondary N) is 1. The molecule has 1 aromatic heterocycles. The van der Waals surface area contributed by atoms with Crippen molar-refractivity contribution in [2.24, 2.45) is 0 Å². The minimum absolute atomic E-state index is 0.199. The van der Waals surface area contributed by atoms with Crippen molar-refractivity contribution in [1.29, 1.82) is 0 Å². The summed E-state index contributed by atoms with van der Waals surface area (Å²) < 4.78 is 38.0. The van der Waals surface area contributed by atoms with Crippen LogP contribution >= 0.6 is 22.5 Å². The van der Waals surface area contributed by atoms with E-state index in [1.54, 1.807) is 0 Å². The van der Waals surface area contributed by atoms with E-state index >= 15 is 0 Å². The van der Waals surface area contributed by atoms with E-state index < -0.39 is 22.0 Å². The first-order valence-corrected chi connectivity index (χ1v) is 5.66. The van der Waals surface area contributed by atoms with E-state index in [-0.39, 0.29) is 4.36 Å². The Labute approximate surface area is 91.2 Å². The molecule has 1 aliphatic rings. The summed E-state index contributed by atoms with van der Waals surface area (Å²) in [5.41, 5.74) is 0. The molecule has 1 aromatic rings. The molecule has 82 valence electrons. The van der Waals surface area contributed by atoms with Crippen molar-refractivity contribution in [3.8, 4) is 0 Å². The second-order valence-corrected chi connectivity index (χ2v) is 5.57. The smallest absolute Gasteiger partial charge is 0.285 e. The third-order valence-electron chi connectivity index (χ3n) is 1.84. The molecule has 0 saturated carbocycles. The Kier molecular flexibility index (Phi) is 2.56. The first kappa shape index (κ1) is 10.6. The van der Waals surface area contributed by atoms with Crippen molar-refractivity contribution in [3.05, 3.63) is 33.7 Å². The third kappa shape index (κ3) is 1.91. The fraction of sp³-hybridized carbons (Fsp3) is 0.125. The molecule has 0 aliphatic carbocycles. The minimum Gasteiger partial charge on any atom is -0.285 e. The number of allylic oxidation sites excluding steroid dienone is 3. The summed E-state index contributed by atoms with van der Waals surface area (Å²) in [5.74, 6) is 0. The molecule has 0 saturated heterocycles. The highest BCUT2D eigenvalue weighted by atomic mass is 35.5. The summed E-state index contributed by atoms with van der Waals surface area (Å²) >= 11 is 5.75.